The monoisotopic (exact) mass is 371 g/mol. The summed E-state index contributed by atoms with van der Waals surface area (Å²) >= 11 is 7.24. The number of halogens is 2. The topological polar surface area (TPSA) is 55.8 Å². The fourth-order valence-electron chi connectivity index (χ4n) is 2.48. The number of morpholine rings is 1. The largest absolute Gasteiger partial charge is 0.448 e. The Morgan fingerprint density at radius 2 is 2.08 bits per heavy atom. The van der Waals surface area contributed by atoms with Crippen molar-refractivity contribution in [2.75, 3.05) is 26.3 Å². The van der Waals surface area contributed by atoms with E-state index in [2.05, 4.69) is 0 Å². The highest BCUT2D eigenvalue weighted by molar-refractivity contribution is 7.21. The van der Waals surface area contributed by atoms with Crippen molar-refractivity contribution in [3.05, 3.63) is 33.9 Å². The average molecular weight is 372 g/mol. The van der Waals surface area contributed by atoms with E-state index in [0.29, 0.717) is 36.4 Å². The molecule has 0 radical (unpaired) electrons. The van der Waals surface area contributed by atoms with Crippen molar-refractivity contribution < 1.29 is 23.5 Å². The van der Waals surface area contributed by atoms with Crippen LogP contribution in [0.1, 0.15) is 16.6 Å². The van der Waals surface area contributed by atoms with Gasteiger partial charge in [-0.15, -0.1) is 11.3 Å². The number of ether oxygens (including phenoxy) is 2. The zero-order valence-corrected chi connectivity index (χ0v) is 14.5. The van der Waals surface area contributed by atoms with Crippen molar-refractivity contribution in [3.8, 4) is 0 Å². The quantitative estimate of drug-likeness (QED) is 0.778. The van der Waals surface area contributed by atoms with Crippen LogP contribution >= 0.6 is 22.9 Å². The summed E-state index contributed by atoms with van der Waals surface area (Å²) in [5.41, 5.74) is 0. The van der Waals surface area contributed by atoms with E-state index in [4.69, 9.17) is 21.1 Å². The first-order valence-electron chi connectivity index (χ1n) is 7.42. The minimum atomic E-state index is -0.923. The molecule has 5 nitrogen and oxygen atoms in total. The van der Waals surface area contributed by atoms with Crippen molar-refractivity contribution in [1.29, 1.82) is 0 Å². The molecule has 1 aliphatic heterocycles. The number of rotatable bonds is 3. The summed E-state index contributed by atoms with van der Waals surface area (Å²) in [5, 5.41) is 0.799. The normalized spacial score (nSPS) is 16.2. The summed E-state index contributed by atoms with van der Waals surface area (Å²) in [6.07, 6.45) is -0.923. The standard InChI is InChI=1S/C16H15ClFNO4S/c1-9(15(20)19-4-6-22-7-5-19)23-16(21)14-13(17)11-3-2-10(18)8-12(11)24-14/h2-3,8-9H,4-7H2,1H3/t9-/m1/s1. The van der Waals surface area contributed by atoms with Gasteiger partial charge in [0, 0.05) is 23.2 Å². The number of hydrogen-bond donors (Lipinski definition) is 0. The first-order chi connectivity index (χ1) is 11.5. The Hall–Kier alpha value is -1.70. The third-order valence-electron chi connectivity index (χ3n) is 3.73. The molecule has 2 aromatic rings. The van der Waals surface area contributed by atoms with Gasteiger partial charge in [-0.1, -0.05) is 11.6 Å². The first kappa shape index (κ1) is 17.1. The van der Waals surface area contributed by atoms with E-state index < -0.39 is 17.9 Å². The second kappa shape index (κ2) is 7.04. The molecule has 1 amide bonds. The number of nitrogens with zero attached hydrogens (tertiary/aromatic N) is 1. The summed E-state index contributed by atoms with van der Waals surface area (Å²) in [6.45, 7) is 3.42. The number of benzene rings is 1. The number of esters is 1. The molecule has 0 aliphatic carbocycles. The van der Waals surface area contributed by atoms with E-state index in [1.54, 1.807) is 4.90 Å². The van der Waals surface area contributed by atoms with Crippen LogP contribution in [0.25, 0.3) is 10.1 Å². The van der Waals surface area contributed by atoms with E-state index in [1.165, 1.54) is 25.1 Å². The molecule has 128 valence electrons. The molecule has 1 aromatic carbocycles. The second-order valence-corrected chi connectivity index (χ2v) is 6.80. The maximum Gasteiger partial charge on any atom is 0.350 e. The van der Waals surface area contributed by atoms with E-state index in [0.717, 1.165) is 11.3 Å². The lowest BCUT2D eigenvalue weighted by atomic mass is 10.2. The van der Waals surface area contributed by atoms with Crippen LogP contribution in [0.4, 0.5) is 4.39 Å². The molecule has 0 N–H and O–H groups in total. The Bertz CT molecular complexity index is 788. The Morgan fingerprint density at radius 1 is 1.38 bits per heavy atom. The molecule has 0 spiro atoms. The van der Waals surface area contributed by atoms with E-state index >= 15 is 0 Å². The number of carbonyl (C=O) groups excluding carboxylic acids is 2. The Balaban J connectivity index is 1.74. The third-order valence-corrected chi connectivity index (χ3v) is 5.37. The van der Waals surface area contributed by atoms with Gasteiger partial charge in [-0.3, -0.25) is 4.79 Å². The van der Waals surface area contributed by atoms with E-state index in [1.807, 2.05) is 0 Å². The molecule has 2 heterocycles. The fourth-order valence-corrected chi connectivity index (χ4v) is 3.89. The Labute approximate surface area is 146 Å². The summed E-state index contributed by atoms with van der Waals surface area (Å²) < 4.78 is 24.3. The van der Waals surface area contributed by atoms with Gasteiger partial charge in [-0.2, -0.15) is 0 Å². The third kappa shape index (κ3) is 3.38. The van der Waals surface area contributed by atoms with Gasteiger partial charge in [0.2, 0.25) is 0 Å². The fraction of sp³-hybridized carbons (Fsp3) is 0.375. The minimum Gasteiger partial charge on any atom is -0.448 e. The summed E-state index contributed by atoms with van der Waals surface area (Å²) in [4.78, 5) is 26.4. The smallest absolute Gasteiger partial charge is 0.350 e. The van der Waals surface area contributed by atoms with Crippen molar-refractivity contribution >= 4 is 44.9 Å². The molecule has 0 bridgehead atoms. The van der Waals surface area contributed by atoms with Crippen molar-refractivity contribution in [2.45, 2.75) is 13.0 Å². The Morgan fingerprint density at radius 3 is 2.79 bits per heavy atom. The predicted molar refractivity (Wildman–Crippen MR) is 89.1 cm³/mol. The minimum absolute atomic E-state index is 0.166. The van der Waals surface area contributed by atoms with Gasteiger partial charge in [0.15, 0.2) is 6.10 Å². The van der Waals surface area contributed by atoms with Gasteiger partial charge in [0.05, 0.1) is 18.2 Å². The molecule has 0 unspecified atom stereocenters. The van der Waals surface area contributed by atoms with E-state index in [-0.39, 0.29) is 15.8 Å². The van der Waals surface area contributed by atoms with Gasteiger partial charge in [-0.05, 0) is 25.1 Å². The summed E-state index contributed by atoms with van der Waals surface area (Å²) in [5.74, 6) is -1.36. The van der Waals surface area contributed by atoms with Crippen LogP contribution in [0.3, 0.4) is 0 Å². The molecule has 1 aliphatic rings. The van der Waals surface area contributed by atoms with Gasteiger partial charge < -0.3 is 14.4 Å². The van der Waals surface area contributed by atoms with Crippen molar-refractivity contribution in [3.63, 3.8) is 0 Å². The van der Waals surface area contributed by atoms with Gasteiger partial charge in [-0.25, -0.2) is 9.18 Å². The zero-order chi connectivity index (χ0) is 17.3. The molecule has 1 saturated heterocycles. The first-order valence-corrected chi connectivity index (χ1v) is 8.62. The predicted octanol–water partition coefficient (Wildman–Crippen LogP) is 3.10. The van der Waals surface area contributed by atoms with Crippen LogP contribution in [-0.2, 0) is 14.3 Å². The highest BCUT2D eigenvalue weighted by atomic mass is 35.5. The average Bonchev–Trinajstić information content (AvgIpc) is 2.91. The summed E-state index contributed by atoms with van der Waals surface area (Å²) in [7, 11) is 0. The van der Waals surface area contributed by atoms with Crippen LogP contribution < -0.4 is 0 Å². The Kier molecular flexibility index (Phi) is 5.03. The van der Waals surface area contributed by atoms with Crippen LogP contribution in [0.15, 0.2) is 18.2 Å². The maximum absolute atomic E-state index is 13.3. The number of amides is 1. The van der Waals surface area contributed by atoms with Gasteiger partial charge in [0.25, 0.3) is 5.91 Å². The number of carbonyl (C=O) groups is 2. The van der Waals surface area contributed by atoms with Crippen LogP contribution in [0.2, 0.25) is 5.02 Å². The summed E-state index contributed by atoms with van der Waals surface area (Å²) in [6, 6.07) is 4.11. The van der Waals surface area contributed by atoms with Crippen molar-refractivity contribution in [2.24, 2.45) is 0 Å². The molecule has 3 rings (SSSR count). The molecule has 0 saturated carbocycles. The molecule has 8 heteroatoms. The van der Waals surface area contributed by atoms with Crippen LogP contribution in [-0.4, -0.2) is 49.2 Å². The highest BCUT2D eigenvalue weighted by Gasteiger charge is 2.27. The molecule has 1 fully saturated rings. The SMILES string of the molecule is C[C@@H](OC(=O)c1sc2cc(F)ccc2c1Cl)C(=O)N1CCOCC1. The maximum atomic E-state index is 13.3. The second-order valence-electron chi connectivity index (χ2n) is 5.37. The number of fused-ring (bicyclic) bond motifs is 1. The molecule has 1 atom stereocenters. The number of hydrogen-bond acceptors (Lipinski definition) is 5. The van der Waals surface area contributed by atoms with Crippen molar-refractivity contribution in [1.82, 2.24) is 4.90 Å². The molecular formula is C16H15ClFNO4S. The van der Waals surface area contributed by atoms with Crippen LogP contribution in [0.5, 0.6) is 0 Å². The highest BCUT2D eigenvalue weighted by Crippen LogP contribution is 2.36. The van der Waals surface area contributed by atoms with Gasteiger partial charge in [0.1, 0.15) is 10.7 Å². The molecule has 1 aromatic heterocycles. The lowest BCUT2D eigenvalue weighted by Gasteiger charge is -2.28. The van der Waals surface area contributed by atoms with Gasteiger partial charge >= 0.3 is 5.97 Å². The lowest BCUT2D eigenvalue weighted by Crippen LogP contribution is -2.46. The molecular weight excluding hydrogens is 357 g/mol. The zero-order valence-electron chi connectivity index (χ0n) is 12.9. The van der Waals surface area contributed by atoms with E-state index in [9.17, 15) is 14.0 Å². The molecule has 24 heavy (non-hydrogen) atoms. The number of thiophene rings is 1. The lowest BCUT2D eigenvalue weighted by molar-refractivity contribution is -0.143. The van der Waals surface area contributed by atoms with Crippen LogP contribution in [0, 0.1) is 5.82 Å².